The predicted octanol–water partition coefficient (Wildman–Crippen LogP) is -3.13. The minimum atomic E-state index is 0. The number of halogens is 2. The van der Waals surface area contributed by atoms with Gasteiger partial charge in [-0.15, -0.1) is 6.42 Å². The second kappa shape index (κ2) is 10.9. The molecule has 1 radical (unpaired) electrons. The van der Waals surface area contributed by atoms with Crippen LogP contribution in [-0.4, -0.2) is 0 Å². The molecule has 12 heavy (non-hydrogen) atoms. The van der Waals surface area contributed by atoms with Gasteiger partial charge in [0.2, 0.25) is 0 Å². The third kappa shape index (κ3) is 5.53. The molecular weight excluding hydrogens is 453 g/mol. The second-order valence-electron chi connectivity index (χ2n) is 2.30. The van der Waals surface area contributed by atoms with Crippen LogP contribution in [0.25, 0.3) is 0 Å². The molecule has 0 N–H and O–H groups in total. The van der Waals surface area contributed by atoms with Gasteiger partial charge in [0.05, 0.1) is 0 Å². The van der Waals surface area contributed by atoms with Crippen LogP contribution in [0.4, 0.5) is 0 Å². The maximum atomic E-state index is 3.33. The minimum Gasteiger partial charge on any atom is -1.00 e. The van der Waals surface area contributed by atoms with Crippen LogP contribution >= 0.6 is 0 Å². The summed E-state index contributed by atoms with van der Waals surface area (Å²) >= 11 is 0. The first-order valence-electron chi connectivity index (χ1n) is 3.67. The van der Waals surface area contributed by atoms with Gasteiger partial charge in [-0.25, -0.2) is 5.57 Å². The van der Waals surface area contributed by atoms with E-state index in [1.165, 1.54) is 17.6 Å². The second-order valence-corrected chi connectivity index (χ2v) is 2.30. The SMILES string of the molecule is CCC1=[C-]CC=C1CC.[I-].[I-].[Zr+3]. The quantitative estimate of drug-likeness (QED) is 0.299. The molecule has 0 unspecified atom stereocenters. The van der Waals surface area contributed by atoms with Crippen molar-refractivity contribution in [1.29, 1.82) is 0 Å². The van der Waals surface area contributed by atoms with Gasteiger partial charge in [-0.05, 0) is 0 Å². The fraction of sp³-hybridized carbons (Fsp3) is 0.556. The van der Waals surface area contributed by atoms with E-state index in [1.54, 1.807) is 0 Å². The molecule has 1 rings (SSSR count). The van der Waals surface area contributed by atoms with E-state index >= 15 is 0 Å². The predicted molar refractivity (Wildman–Crippen MR) is 40.0 cm³/mol. The molecule has 0 nitrogen and oxygen atoms in total. The van der Waals surface area contributed by atoms with Gasteiger partial charge in [0, 0.05) is 0 Å². The summed E-state index contributed by atoms with van der Waals surface area (Å²) in [6, 6.07) is 0. The summed E-state index contributed by atoms with van der Waals surface area (Å²) in [6.07, 6.45) is 8.99. The fourth-order valence-corrected chi connectivity index (χ4v) is 1.24. The first kappa shape index (κ1) is 19.4. The molecule has 0 fully saturated rings. The third-order valence-corrected chi connectivity index (χ3v) is 1.79. The Morgan fingerprint density at radius 1 is 1.25 bits per heavy atom. The van der Waals surface area contributed by atoms with Crippen LogP contribution in [0.5, 0.6) is 0 Å². The number of rotatable bonds is 2. The van der Waals surface area contributed by atoms with Gasteiger partial charge in [0.25, 0.3) is 0 Å². The molecule has 0 spiro atoms. The monoisotopic (exact) mass is 465 g/mol. The number of allylic oxidation sites excluding steroid dienone is 4. The van der Waals surface area contributed by atoms with Gasteiger partial charge >= 0.3 is 26.2 Å². The zero-order chi connectivity index (χ0) is 6.69. The molecule has 1 aliphatic carbocycles. The van der Waals surface area contributed by atoms with Crippen molar-refractivity contribution in [2.45, 2.75) is 33.1 Å². The van der Waals surface area contributed by atoms with E-state index in [0.717, 1.165) is 12.8 Å². The van der Waals surface area contributed by atoms with Gasteiger partial charge in [-0.2, -0.15) is 11.6 Å². The Morgan fingerprint density at radius 2 is 1.83 bits per heavy atom. The molecule has 67 valence electrons. The van der Waals surface area contributed by atoms with Crippen molar-refractivity contribution >= 4 is 0 Å². The average molecular weight is 466 g/mol. The summed E-state index contributed by atoms with van der Waals surface area (Å²) in [5.41, 5.74) is 2.95. The van der Waals surface area contributed by atoms with E-state index in [0.29, 0.717) is 0 Å². The zero-order valence-corrected chi connectivity index (χ0v) is 14.2. The van der Waals surface area contributed by atoms with Crippen molar-refractivity contribution in [3.05, 3.63) is 23.3 Å². The topological polar surface area (TPSA) is 0 Å². The first-order chi connectivity index (χ1) is 4.38. The van der Waals surface area contributed by atoms with Crippen molar-refractivity contribution in [2.24, 2.45) is 0 Å². The summed E-state index contributed by atoms with van der Waals surface area (Å²) in [7, 11) is 0. The molecule has 0 heterocycles. The smallest absolute Gasteiger partial charge is 1.00 e. The molecule has 1 aliphatic rings. The largest absolute Gasteiger partial charge is 3.00 e. The molecule has 0 amide bonds. The van der Waals surface area contributed by atoms with Crippen LogP contribution in [0.15, 0.2) is 17.2 Å². The van der Waals surface area contributed by atoms with Crippen LogP contribution in [0.1, 0.15) is 33.1 Å². The van der Waals surface area contributed by atoms with E-state index in [-0.39, 0.29) is 74.2 Å². The Hall–Kier alpha value is 1.82. The summed E-state index contributed by atoms with van der Waals surface area (Å²) in [5, 5.41) is 0. The molecule has 0 aromatic heterocycles. The van der Waals surface area contributed by atoms with Gasteiger partial charge in [-0.1, -0.05) is 26.7 Å². The first-order valence-corrected chi connectivity index (χ1v) is 3.67. The van der Waals surface area contributed by atoms with Crippen LogP contribution in [-0.2, 0) is 26.2 Å². The fourth-order valence-electron chi connectivity index (χ4n) is 1.24. The standard InChI is InChI=1S/C9H13.2HI.Zr/c1-3-8-6-5-7-9(8)4-2;;;/h6H,3-5H2,1-2H3;2*1H;/q-1;;;+3/p-2. The molecule has 0 aliphatic heterocycles. The molecule has 0 aromatic rings. The summed E-state index contributed by atoms with van der Waals surface area (Å²) < 4.78 is 0. The van der Waals surface area contributed by atoms with Crippen molar-refractivity contribution in [3.8, 4) is 0 Å². The Bertz CT molecular complexity index is 144. The van der Waals surface area contributed by atoms with Crippen LogP contribution in [0.2, 0.25) is 0 Å². The molecule has 0 atom stereocenters. The number of hydrogen-bond acceptors (Lipinski definition) is 0. The van der Waals surface area contributed by atoms with E-state index in [9.17, 15) is 0 Å². The van der Waals surface area contributed by atoms with Gasteiger partial charge in [-0.3, -0.25) is 6.08 Å². The number of hydrogen-bond donors (Lipinski definition) is 0. The van der Waals surface area contributed by atoms with E-state index < -0.39 is 0 Å². The Labute approximate surface area is 129 Å². The molecule has 0 aromatic carbocycles. The van der Waals surface area contributed by atoms with Gasteiger partial charge < -0.3 is 48.0 Å². The van der Waals surface area contributed by atoms with Crippen LogP contribution in [0.3, 0.4) is 0 Å². The molecular formula is C9H13I2Zr. The molecule has 0 saturated carbocycles. The van der Waals surface area contributed by atoms with E-state index in [1.807, 2.05) is 0 Å². The van der Waals surface area contributed by atoms with E-state index in [4.69, 9.17) is 0 Å². The summed E-state index contributed by atoms with van der Waals surface area (Å²) in [6.45, 7) is 4.39. The Balaban J connectivity index is -0.000000270. The Morgan fingerprint density at radius 3 is 2.17 bits per heavy atom. The van der Waals surface area contributed by atoms with Gasteiger partial charge in [0.1, 0.15) is 0 Å². The summed E-state index contributed by atoms with van der Waals surface area (Å²) in [4.78, 5) is 0. The third-order valence-electron chi connectivity index (χ3n) is 1.79. The van der Waals surface area contributed by atoms with Gasteiger partial charge in [0.15, 0.2) is 0 Å². The van der Waals surface area contributed by atoms with Crippen LogP contribution < -0.4 is 48.0 Å². The maximum absolute atomic E-state index is 3.33. The van der Waals surface area contributed by atoms with Crippen molar-refractivity contribution < 1.29 is 74.2 Å². The molecule has 0 bridgehead atoms. The van der Waals surface area contributed by atoms with E-state index in [2.05, 4.69) is 26.0 Å². The van der Waals surface area contributed by atoms with Crippen molar-refractivity contribution in [1.82, 2.24) is 0 Å². The Kier molecular flexibility index (Phi) is 17.6. The summed E-state index contributed by atoms with van der Waals surface area (Å²) in [5.74, 6) is 0. The average Bonchev–Trinajstić information content (AvgIpc) is 2.33. The molecule has 0 saturated heterocycles. The van der Waals surface area contributed by atoms with Crippen molar-refractivity contribution in [2.75, 3.05) is 0 Å². The maximum Gasteiger partial charge on any atom is 3.00 e. The molecule has 3 heteroatoms. The minimum absolute atomic E-state index is 0. The normalized spacial score (nSPS) is 13.2. The van der Waals surface area contributed by atoms with Crippen molar-refractivity contribution in [3.63, 3.8) is 0 Å². The van der Waals surface area contributed by atoms with Crippen LogP contribution in [0, 0.1) is 6.08 Å². The zero-order valence-electron chi connectivity index (χ0n) is 7.45.